The van der Waals surface area contributed by atoms with E-state index in [9.17, 15) is 0 Å². The normalized spacial score (nSPS) is 12.1. The van der Waals surface area contributed by atoms with Crippen molar-refractivity contribution >= 4 is 44.3 Å². The van der Waals surface area contributed by atoms with Gasteiger partial charge in [-0.1, -0.05) is 73.3 Å². The summed E-state index contributed by atoms with van der Waals surface area (Å²) in [6.07, 6.45) is 8.02. The lowest BCUT2D eigenvalue weighted by Gasteiger charge is -2.26. The van der Waals surface area contributed by atoms with E-state index in [-0.39, 0.29) is 0 Å². The van der Waals surface area contributed by atoms with Gasteiger partial charge in [-0.3, -0.25) is 0 Å². The molecule has 0 aliphatic carbocycles. The van der Waals surface area contributed by atoms with E-state index in [2.05, 4.69) is 95.3 Å². The summed E-state index contributed by atoms with van der Waals surface area (Å²) in [5.74, 6) is 0.627. The van der Waals surface area contributed by atoms with Crippen LogP contribution in [0.15, 0.2) is 156 Å². The Bertz CT molecular complexity index is 2100. The molecule has 0 amide bonds. The lowest BCUT2D eigenvalue weighted by atomic mass is 10.0. The van der Waals surface area contributed by atoms with Crippen LogP contribution in [-0.4, -0.2) is 9.97 Å². The van der Waals surface area contributed by atoms with Crippen LogP contribution in [0.1, 0.15) is 6.92 Å². The first-order valence-electron chi connectivity index (χ1n) is 14.0. The Kier molecular flexibility index (Phi) is 6.49. The maximum atomic E-state index is 6.27. The summed E-state index contributed by atoms with van der Waals surface area (Å²) >= 11 is 0. The van der Waals surface area contributed by atoms with Gasteiger partial charge in [0.15, 0.2) is 5.58 Å². The van der Waals surface area contributed by atoms with Gasteiger partial charge in [0, 0.05) is 38.9 Å². The minimum atomic E-state index is 0.627. The zero-order valence-electron chi connectivity index (χ0n) is 23.3. The van der Waals surface area contributed by atoms with E-state index in [0.29, 0.717) is 5.89 Å². The first-order chi connectivity index (χ1) is 20.7. The van der Waals surface area contributed by atoms with Gasteiger partial charge in [-0.2, -0.15) is 0 Å². The fourth-order valence-corrected chi connectivity index (χ4v) is 5.49. The molecule has 0 saturated heterocycles. The Morgan fingerprint density at radius 3 is 2.21 bits per heavy atom. The van der Waals surface area contributed by atoms with Crippen molar-refractivity contribution in [2.45, 2.75) is 6.92 Å². The van der Waals surface area contributed by atoms with Crippen LogP contribution in [-0.2, 0) is 0 Å². The van der Waals surface area contributed by atoms with Crippen LogP contribution in [0.4, 0.5) is 11.4 Å². The molecular formula is C38H29N3O. The highest BCUT2D eigenvalue weighted by Crippen LogP contribution is 2.37. The molecule has 7 aromatic rings. The van der Waals surface area contributed by atoms with Gasteiger partial charge in [0.1, 0.15) is 5.52 Å². The van der Waals surface area contributed by atoms with Crippen molar-refractivity contribution in [3.05, 3.63) is 152 Å². The van der Waals surface area contributed by atoms with Crippen molar-refractivity contribution in [2.75, 3.05) is 4.90 Å². The minimum absolute atomic E-state index is 0.627. The summed E-state index contributed by atoms with van der Waals surface area (Å²) in [4.78, 5) is 10.5. The molecule has 202 valence electrons. The number of aromatic nitrogens is 2. The van der Waals surface area contributed by atoms with E-state index >= 15 is 0 Å². The highest BCUT2D eigenvalue weighted by molar-refractivity contribution is 6.15. The number of aromatic amines is 1. The van der Waals surface area contributed by atoms with E-state index in [4.69, 9.17) is 9.40 Å². The van der Waals surface area contributed by atoms with Crippen LogP contribution < -0.4 is 4.90 Å². The molecule has 7 rings (SSSR count). The highest BCUT2D eigenvalue weighted by atomic mass is 16.3. The smallest absolute Gasteiger partial charge is 0.227 e. The van der Waals surface area contributed by atoms with E-state index in [0.717, 1.165) is 66.7 Å². The van der Waals surface area contributed by atoms with Gasteiger partial charge in [-0.25, -0.2) is 4.98 Å². The van der Waals surface area contributed by atoms with Crippen LogP contribution in [0.25, 0.3) is 55.5 Å². The molecule has 42 heavy (non-hydrogen) atoms. The number of rotatable bonds is 7. The summed E-state index contributed by atoms with van der Waals surface area (Å²) < 4.78 is 6.27. The summed E-state index contributed by atoms with van der Waals surface area (Å²) in [6.45, 7) is 6.09. The average Bonchev–Trinajstić information content (AvgIpc) is 3.66. The Hall–Kier alpha value is -5.61. The van der Waals surface area contributed by atoms with Crippen molar-refractivity contribution in [1.82, 2.24) is 9.97 Å². The number of hydrogen-bond donors (Lipinski definition) is 1. The zero-order chi connectivity index (χ0) is 28.5. The number of H-pyrrole nitrogens is 1. The Balaban J connectivity index is 1.28. The lowest BCUT2D eigenvalue weighted by Crippen LogP contribution is -2.14. The molecule has 1 N–H and O–H groups in total. The number of oxazole rings is 1. The molecule has 4 heteroatoms. The molecular weight excluding hydrogens is 514 g/mol. The predicted molar refractivity (Wildman–Crippen MR) is 176 cm³/mol. The summed E-state index contributed by atoms with van der Waals surface area (Å²) in [7, 11) is 0. The molecule has 0 spiro atoms. The quantitative estimate of drug-likeness (QED) is 0.203. The van der Waals surface area contributed by atoms with Crippen molar-refractivity contribution in [2.24, 2.45) is 0 Å². The first-order valence-corrected chi connectivity index (χ1v) is 14.0. The number of nitrogens with zero attached hydrogens (tertiary/aromatic N) is 2. The van der Waals surface area contributed by atoms with Crippen molar-refractivity contribution in [1.29, 1.82) is 0 Å². The molecule has 0 radical (unpaired) electrons. The van der Waals surface area contributed by atoms with Gasteiger partial charge >= 0.3 is 0 Å². The standard InChI is InChI=1S/C38H29N3O/c1-3-5-14-29(4-2)41(30-15-10-7-11-16-30)31-20-17-26(18-21-31)28-19-23-34-33(25-28)32-22-24-35-37(36(32)39-34)42-38(40-35)27-12-8-6-9-13-27/h3-25,39H,2H2,1H3/b5-3-,29-14+. The monoisotopic (exact) mass is 543 g/mol. The van der Waals surface area contributed by atoms with Gasteiger partial charge in [-0.15, -0.1) is 0 Å². The van der Waals surface area contributed by atoms with Crippen LogP contribution in [0.5, 0.6) is 0 Å². The number of hydrogen-bond acceptors (Lipinski definition) is 3. The number of allylic oxidation sites excluding steroid dienone is 4. The largest absolute Gasteiger partial charge is 0.434 e. The van der Waals surface area contributed by atoms with Crippen LogP contribution in [0.3, 0.4) is 0 Å². The Morgan fingerprint density at radius 2 is 1.48 bits per heavy atom. The highest BCUT2D eigenvalue weighted by Gasteiger charge is 2.16. The maximum Gasteiger partial charge on any atom is 0.227 e. The second kappa shape index (κ2) is 10.8. The Labute approximate surface area is 244 Å². The molecule has 0 unspecified atom stereocenters. The van der Waals surface area contributed by atoms with Crippen molar-refractivity contribution in [3.63, 3.8) is 0 Å². The van der Waals surface area contributed by atoms with E-state index in [1.807, 2.05) is 67.6 Å². The molecule has 5 aromatic carbocycles. The average molecular weight is 544 g/mol. The fraction of sp³-hybridized carbons (Fsp3) is 0.0263. The van der Waals surface area contributed by atoms with Crippen LogP contribution >= 0.6 is 0 Å². The summed E-state index contributed by atoms with van der Waals surface area (Å²) in [6, 6.07) is 39.8. The second-order valence-electron chi connectivity index (χ2n) is 10.1. The zero-order valence-corrected chi connectivity index (χ0v) is 23.3. The van der Waals surface area contributed by atoms with Crippen molar-refractivity contribution < 1.29 is 4.42 Å². The number of anilines is 2. The van der Waals surface area contributed by atoms with Crippen LogP contribution in [0.2, 0.25) is 0 Å². The van der Waals surface area contributed by atoms with E-state index in [1.54, 1.807) is 0 Å². The van der Waals surface area contributed by atoms with Gasteiger partial charge in [0.05, 0.1) is 5.52 Å². The van der Waals surface area contributed by atoms with E-state index < -0.39 is 0 Å². The SMILES string of the molecule is C=C/C(=C\C=C/C)N(c1ccccc1)c1ccc(-c2ccc3[nH]c4c(ccc5nc(-c6ccccc6)oc54)c3c2)cc1. The van der Waals surface area contributed by atoms with Crippen LogP contribution in [0, 0.1) is 0 Å². The molecule has 0 fully saturated rings. The minimum Gasteiger partial charge on any atom is -0.434 e. The molecule has 0 aliphatic rings. The first kappa shape index (κ1) is 25.4. The van der Waals surface area contributed by atoms with Gasteiger partial charge < -0.3 is 14.3 Å². The van der Waals surface area contributed by atoms with Gasteiger partial charge in [0.25, 0.3) is 0 Å². The topological polar surface area (TPSA) is 45.1 Å². The molecule has 4 nitrogen and oxygen atoms in total. The number of nitrogens with one attached hydrogen (secondary N) is 1. The Morgan fingerprint density at radius 1 is 0.762 bits per heavy atom. The van der Waals surface area contributed by atoms with Crippen molar-refractivity contribution in [3.8, 4) is 22.6 Å². The third-order valence-electron chi connectivity index (χ3n) is 7.55. The number of para-hydroxylation sites is 1. The molecule has 0 bridgehead atoms. The summed E-state index contributed by atoms with van der Waals surface area (Å²) in [5, 5.41) is 2.27. The second-order valence-corrected chi connectivity index (χ2v) is 10.1. The van der Waals surface area contributed by atoms with E-state index in [1.165, 1.54) is 0 Å². The third-order valence-corrected chi connectivity index (χ3v) is 7.55. The lowest BCUT2D eigenvalue weighted by molar-refractivity contribution is 0.622. The predicted octanol–water partition coefficient (Wildman–Crippen LogP) is 10.6. The molecule has 0 atom stereocenters. The maximum absolute atomic E-state index is 6.27. The molecule has 2 heterocycles. The third kappa shape index (κ3) is 4.49. The molecule has 0 saturated carbocycles. The molecule has 0 aliphatic heterocycles. The molecule has 2 aromatic heterocycles. The summed E-state index contributed by atoms with van der Waals surface area (Å²) in [5.41, 5.74) is 10.1. The number of fused-ring (bicyclic) bond motifs is 5. The number of benzene rings is 5. The fourth-order valence-electron chi connectivity index (χ4n) is 5.49. The van der Waals surface area contributed by atoms with Gasteiger partial charge in [-0.05, 0) is 90.9 Å². The van der Waals surface area contributed by atoms with Gasteiger partial charge in [0.2, 0.25) is 5.89 Å².